The second-order valence-corrected chi connectivity index (χ2v) is 7.08. The average molecular weight is 456 g/mol. The summed E-state index contributed by atoms with van der Waals surface area (Å²) in [6.45, 7) is 1.03. The van der Waals surface area contributed by atoms with Gasteiger partial charge < -0.3 is 9.64 Å². The molecule has 2 aromatic carbocycles. The van der Waals surface area contributed by atoms with E-state index >= 15 is 0 Å². The summed E-state index contributed by atoms with van der Waals surface area (Å²) in [5, 5.41) is 1.55. The summed E-state index contributed by atoms with van der Waals surface area (Å²) in [7, 11) is 1.61. The Morgan fingerprint density at radius 2 is 1.88 bits per heavy atom. The van der Waals surface area contributed by atoms with Gasteiger partial charge in [0, 0.05) is 28.6 Å². The van der Waals surface area contributed by atoms with E-state index in [9.17, 15) is 4.79 Å². The summed E-state index contributed by atoms with van der Waals surface area (Å²) in [5.74, 6) is 1.78. The fourth-order valence-electron chi connectivity index (χ4n) is 2.51. The van der Waals surface area contributed by atoms with Crippen LogP contribution in [0.3, 0.4) is 0 Å². The van der Waals surface area contributed by atoms with Gasteiger partial charge in [-0.15, -0.1) is 17.0 Å². The molecular formula is C19H20BrClN2O2S. The number of thioether (sulfide) groups is 1. The van der Waals surface area contributed by atoms with Gasteiger partial charge >= 0.3 is 0 Å². The van der Waals surface area contributed by atoms with Crippen LogP contribution in [0.15, 0.2) is 53.5 Å². The SMILES string of the molecule is Br.COc1ccc(C(=O)CN(C2=NCCCS2)c2ccc(Cl)cc2)cc1. The highest BCUT2D eigenvalue weighted by Crippen LogP contribution is 2.25. The van der Waals surface area contributed by atoms with Crippen molar-refractivity contribution in [3.63, 3.8) is 0 Å². The molecule has 0 aliphatic carbocycles. The number of halogens is 2. The Kier molecular flexibility index (Phi) is 8.00. The fraction of sp³-hybridized carbons (Fsp3) is 0.263. The van der Waals surface area contributed by atoms with Gasteiger partial charge in [0.25, 0.3) is 0 Å². The molecule has 3 rings (SSSR count). The van der Waals surface area contributed by atoms with E-state index in [1.165, 1.54) is 0 Å². The largest absolute Gasteiger partial charge is 0.497 e. The molecule has 0 bridgehead atoms. The average Bonchev–Trinajstić information content (AvgIpc) is 2.67. The Labute approximate surface area is 173 Å². The molecule has 0 fully saturated rings. The first-order chi connectivity index (χ1) is 12.2. The molecule has 0 radical (unpaired) electrons. The number of anilines is 1. The lowest BCUT2D eigenvalue weighted by atomic mass is 10.1. The van der Waals surface area contributed by atoms with Crippen LogP contribution in [-0.4, -0.2) is 36.9 Å². The van der Waals surface area contributed by atoms with Gasteiger partial charge in [0.2, 0.25) is 0 Å². The van der Waals surface area contributed by atoms with Crippen LogP contribution < -0.4 is 9.64 Å². The lowest BCUT2D eigenvalue weighted by molar-refractivity contribution is 0.100. The molecule has 4 nitrogen and oxygen atoms in total. The predicted octanol–water partition coefficient (Wildman–Crippen LogP) is 5.11. The zero-order valence-electron chi connectivity index (χ0n) is 14.4. The molecule has 0 saturated carbocycles. The number of ketones is 1. The standard InChI is InChI=1S/C19H19ClN2O2S.BrH/c1-24-17-9-3-14(4-10-17)18(23)13-22(19-21-11-2-12-25-19)16-7-5-15(20)6-8-16;/h3-10H,2,11-13H2,1H3;1H. The fourth-order valence-corrected chi connectivity index (χ4v) is 3.60. The molecule has 0 N–H and O–H groups in total. The van der Waals surface area contributed by atoms with Gasteiger partial charge in [-0.2, -0.15) is 0 Å². The molecule has 2 aromatic rings. The van der Waals surface area contributed by atoms with Crippen LogP contribution in [0.5, 0.6) is 5.75 Å². The molecule has 0 aromatic heterocycles. The number of Topliss-reactive ketones (excluding diaryl/α,β-unsaturated/α-hetero) is 1. The Hall–Kier alpha value is -1.50. The molecule has 26 heavy (non-hydrogen) atoms. The molecule has 1 aliphatic heterocycles. The molecule has 0 amide bonds. The molecule has 1 aliphatic rings. The Bertz CT molecular complexity index is 766. The molecule has 7 heteroatoms. The van der Waals surface area contributed by atoms with E-state index in [0.29, 0.717) is 10.6 Å². The van der Waals surface area contributed by atoms with Crippen molar-refractivity contribution in [2.45, 2.75) is 6.42 Å². The van der Waals surface area contributed by atoms with Crippen molar-refractivity contribution >= 4 is 57.0 Å². The number of carbonyl (C=O) groups is 1. The van der Waals surface area contributed by atoms with Crippen molar-refractivity contribution in [1.82, 2.24) is 0 Å². The number of amidine groups is 1. The van der Waals surface area contributed by atoms with Gasteiger partial charge in [0.1, 0.15) is 5.75 Å². The summed E-state index contributed by atoms with van der Waals surface area (Å²) in [6, 6.07) is 14.7. The third-order valence-electron chi connectivity index (χ3n) is 3.86. The lowest BCUT2D eigenvalue weighted by Gasteiger charge is -2.27. The number of nitrogens with zero attached hydrogens (tertiary/aromatic N) is 2. The van der Waals surface area contributed by atoms with Crippen LogP contribution in [0.25, 0.3) is 0 Å². The van der Waals surface area contributed by atoms with Crippen LogP contribution in [-0.2, 0) is 0 Å². The van der Waals surface area contributed by atoms with Crippen LogP contribution in [0.1, 0.15) is 16.8 Å². The normalized spacial score (nSPS) is 13.4. The van der Waals surface area contributed by atoms with Gasteiger partial charge in [-0.1, -0.05) is 23.4 Å². The highest BCUT2D eigenvalue weighted by Gasteiger charge is 2.20. The first-order valence-electron chi connectivity index (χ1n) is 8.05. The van der Waals surface area contributed by atoms with E-state index in [1.807, 2.05) is 29.2 Å². The number of ether oxygens (including phenoxy) is 1. The number of methoxy groups -OCH3 is 1. The molecule has 0 atom stereocenters. The minimum atomic E-state index is 0. The van der Waals surface area contributed by atoms with Crippen molar-refractivity contribution < 1.29 is 9.53 Å². The van der Waals surface area contributed by atoms with E-state index in [4.69, 9.17) is 16.3 Å². The van der Waals surface area contributed by atoms with Gasteiger partial charge in [0.05, 0.1) is 13.7 Å². The number of aliphatic imine (C=N–C) groups is 1. The summed E-state index contributed by atoms with van der Waals surface area (Å²) < 4.78 is 5.15. The van der Waals surface area contributed by atoms with Crippen LogP contribution in [0.2, 0.25) is 5.02 Å². The number of hydrogen-bond donors (Lipinski definition) is 0. The maximum atomic E-state index is 12.8. The van der Waals surface area contributed by atoms with E-state index in [2.05, 4.69) is 4.99 Å². The smallest absolute Gasteiger partial charge is 0.182 e. The van der Waals surface area contributed by atoms with Crippen LogP contribution >= 0.6 is 40.3 Å². The van der Waals surface area contributed by atoms with Crippen LogP contribution in [0.4, 0.5) is 5.69 Å². The molecule has 0 spiro atoms. The Morgan fingerprint density at radius 1 is 1.19 bits per heavy atom. The maximum Gasteiger partial charge on any atom is 0.182 e. The Balaban J connectivity index is 0.00000243. The molecule has 1 heterocycles. The summed E-state index contributed by atoms with van der Waals surface area (Å²) in [6.07, 6.45) is 1.06. The van der Waals surface area contributed by atoms with Crippen molar-refractivity contribution in [2.24, 2.45) is 4.99 Å². The maximum absolute atomic E-state index is 12.8. The third-order valence-corrected chi connectivity index (χ3v) is 5.22. The summed E-state index contributed by atoms with van der Waals surface area (Å²) in [5.41, 5.74) is 1.57. The Morgan fingerprint density at radius 3 is 2.46 bits per heavy atom. The molecule has 0 saturated heterocycles. The lowest BCUT2D eigenvalue weighted by Crippen LogP contribution is -2.35. The highest BCUT2D eigenvalue weighted by molar-refractivity contribution is 8.93. The van der Waals surface area contributed by atoms with Crippen molar-refractivity contribution in [1.29, 1.82) is 0 Å². The van der Waals surface area contributed by atoms with Gasteiger partial charge in [-0.05, 0) is 55.0 Å². The van der Waals surface area contributed by atoms with Gasteiger partial charge in [-0.25, -0.2) is 0 Å². The molecule has 0 unspecified atom stereocenters. The van der Waals surface area contributed by atoms with Crippen LogP contribution in [0, 0.1) is 0 Å². The first kappa shape index (κ1) is 20.8. The van der Waals surface area contributed by atoms with E-state index in [1.54, 1.807) is 43.1 Å². The predicted molar refractivity (Wildman–Crippen MR) is 116 cm³/mol. The second-order valence-electron chi connectivity index (χ2n) is 5.58. The van der Waals surface area contributed by atoms with Gasteiger partial charge in [-0.3, -0.25) is 9.79 Å². The third kappa shape index (κ3) is 5.25. The quantitative estimate of drug-likeness (QED) is 0.588. The minimum absolute atomic E-state index is 0. The second kappa shape index (κ2) is 10.00. The monoisotopic (exact) mass is 454 g/mol. The molecule has 138 valence electrons. The first-order valence-corrected chi connectivity index (χ1v) is 9.41. The van der Waals surface area contributed by atoms with E-state index in [-0.39, 0.29) is 29.3 Å². The topological polar surface area (TPSA) is 41.9 Å². The van der Waals surface area contributed by atoms with Crippen molar-refractivity contribution in [3.05, 3.63) is 59.1 Å². The number of carbonyl (C=O) groups excluding carboxylic acids is 1. The van der Waals surface area contributed by atoms with E-state index < -0.39 is 0 Å². The summed E-state index contributed by atoms with van der Waals surface area (Å²) >= 11 is 7.68. The van der Waals surface area contributed by atoms with Crippen molar-refractivity contribution in [2.75, 3.05) is 30.9 Å². The zero-order valence-corrected chi connectivity index (χ0v) is 17.6. The summed E-state index contributed by atoms with van der Waals surface area (Å²) in [4.78, 5) is 19.3. The number of rotatable bonds is 5. The van der Waals surface area contributed by atoms with Crippen molar-refractivity contribution in [3.8, 4) is 5.75 Å². The zero-order chi connectivity index (χ0) is 17.6. The molecular weight excluding hydrogens is 436 g/mol. The number of hydrogen-bond acceptors (Lipinski definition) is 5. The number of benzene rings is 2. The highest BCUT2D eigenvalue weighted by atomic mass is 79.9. The van der Waals surface area contributed by atoms with E-state index in [0.717, 1.165) is 35.3 Å². The van der Waals surface area contributed by atoms with Gasteiger partial charge in [0.15, 0.2) is 11.0 Å². The minimum Gasteiger partial charge on any atom is -0.497 e.